The van der Waals surface area contributed by atoms with Gasteiger partial charge < -0.3 is 15.7 Å². The molecule has 1 heterocycles. The van der Waals surface area contributed by atoms with Gasteiger partial charge in [-0.2, -0.15) is 0 Å². The largest absolute Gasteiger partial charge is 0.392 e. The number of aliphatic hydroxyl groups excluding tert-OH is 1. The second kappa shape index (κ2) is 7.39. The van der Waals surface area contributed by atoms with E-state index in [0.29, 0.717) is 6.04 Å². The van der Waals surface area contributed by atoms with Crippen LogP contribution >= 0.6 is 0 Å². The monoisotopic (exact) mass is 288 g/mol. The fourth-order valence-corrected chi connectivity index (χ4v) is 4.06. The number of aliphatic hydroxyl groups is 1. The minimum absolute atomic E-state index is 0.131. The maximum absolute atomic E-state index is 9.24. The first-order valence-corrected chi connectivity index (χ1v) is 8.52. The molecule has 0 amide bonds. The summed E-state index contributed by atoms with van der Waals surface area (Å²) < 4.78 is 0. The highest BCUT2D eigenvalue weighted by molar-refractivity contribution is 5.22. The molecule has 116 valence electrons. The van der Waals surface area contributed by atoms with Crippen molar-refractivity contribution < 1.29 is 5.11 Å². The second-order valence-electron chi connectivity index (χ2n) is 6.62. The van der Waals surface area contributed by atoms with Gasteiger partial charge in [-0.05, 0) is 49.3 Å². The van der Waals surface area contributed by atoms with E-state index in [0.717, 1.165) is 24.1 Å². The van der Waals surface area contributed by atoms with Crippen molar-refractivity contribution in [1.29, 1.82) is 0 Å². The molecule has 2 fully saturated rings. The maximum atomic E-state index is 9.24. The zero-order valence-corrected chi connectivity index (χ0v) is 12.9. The van der Waals surface area contributed by atoms with Crippen LogP contribution in [0.2, 0.25) is 0 Å². The van der Waals surface area contributed by atoms with E-state index in [2.05, 4.69) is 22.8 Å². The highest BCUT2D eigenvalue weighted by Gasteiger charge is 2.32. The average molecular weight is 288 g/mol. The van der Waals surface area contributed by atoms with Crippen molar-refractivity contribution in [2.75, 3.05) is 6.54 Å². The standard InChI is InChI=1S/C18H28N2O/c21-13-15-6-3-5-14(11-15)12-20-18-8-2-1-7-16(18)17-9-4-10-19-17/h3,5-6,11,16-21H,1-2,4,7-10,12-13H2. The van der Waals surface area contributed by atoms with E-state index in [1.807, 2.05) is 12.1 Å². The molecule has 21 heavy (non-hydrogen) atoms. The summed E-state index contributed by atoms with van der Waals surface area (Å²) in [5, 5.41) is 16.7. The van der Waals surface area contributed by atoms with Gasteiger partial charge in [0.15, 0.2) is 0 Å². The summed E-state index contributed by atoms with van der Waals surface area (Å²) >= 11 is 0. The van der Waals surface area contributed by atoms with Gasteiger partial charge in [-0.1, -0.05) is 37.1 Å². The average Bonchev–Trinajstić information content (AvgIpc) is 3.08. The van der Waals surface area contributed by atoms with Crippen LogP contribution in [0.15, 0.2) is 24.3 Å². The van der Waals surface area contributed by atoms with Crippen LogP contribution in [0, 0.1) is 5.92 Å². The highest BCUT2D eigenvalue weighted by atomic mass is 16.3. The lowest BCUT2D eigenvalue weighted by Gasteiger charge is -2.36. The first-order chi connectivity index (χ1) is 10.4. The molecule has 0 radical (unpaired) electrons. The van der Waals surface area contributed by atoms with Crippen LogP contribution in [0.5, 0.6) is 0 Å². The molecule has 2 aliphatic rings. The van der Waals surface area contributed by atoms with Crippen LogP contribution in [0.3, 0.4) is 0 Å². The third kappa shape index (κ3) is 3.85. The molecule has 3 nitrogen and oxygen atoms in total. The van der Waals surface area contributed by atoms with Crippen LogP contribution in [0.1, 0.15) is 49.7 Å². The van der Waals surface area contributed by atoms with E-state index < -0.39 is 0 Å². The molecular weight excluding hydrogens is 260 g/mol. The normalized spacial score (nSPS) is 29.7. The molecule has 0 bridgehead atoms. The van der Waals surface area contributed by atoms with E-state index in [-0.39, 0.29) is 6.61 Å². The van der Waals surface area contributed by atoms with Gasteiger partial charge in [-0.15, -0.1) is 0 Å². The Morgan fingerprint density at radius 2 is 1.95 bits per heavy atom. The predicted molar refractivity (Wildman–Crippen MR) is 86.0 cm³/mol. The number of hydrogen-bond acceptors (Lipinski definition) is 3. The minimum Gasteiger partial charge on any atom is -0.392 e. The molecule has 1 saturated heterocycles. The van der Waals surface area contributed by atoms with Crippen LogP contribution < -0.4 is 10.6 Å². The lowest BCUT2D eigenvalue weighted by molar-refractivity contribution is 0.213. The smallest absolute Gasteiger partial charge is 0.0681 e. The first-order valence-electron chi connectivity index (χ1n) is 8.52. The van der Waals surface area contributed by atoms with Crippen molar-refractivity contribution in [2.45, 2.75) is 63.8 Å². The number of hydrogen-bond donors (Lipinski definition) is 3. The molecule has 1 aromatic rings. The Hall–Kier alpha value is -0.900. The van der Waals surface area contributed by atoms with Gasteiger partial charge in [-0.3, -0.25) is 0 Å². The van der Waals surface area contributed by atoms with Gasteiger partial charge in [0.25, 0.3) is 0 Å². The molecule has 3 atom stereocenters. The summed E-state index contributed by atoms with van der Waals surface area (Å²) in [5.74, 6) is 0.794. The van der Waals surface area contributed by atoms with Gasteiger partial charge in [0.1, 0.15) is 0 Å². The summed E-state index contributed by atoms with van der Waals surface area (Å²) in [6.07, 6.45) is 8.11. The molecule has 3 heteroatoms. The number of benzene rings is 1. The molecule has 3 unspecified atom stereocenters. The molecule has 0 spiro atoms. The molecule has 0 aromatic heterocycles. The SMILES string of the molecule is OCc1cccc(CNC2CCCCC2C2CCCN2)c1. The molecular formula is C18H28N2O. The third-order valence-corrected chi connectivity index (χ3v) is 5.18. The Kier molecular flexibility index (Phi) is 5.28. The maximum Gasteiger partial charge on any atom is 0.0681 e. The van der Waals surface area contributed by atoms with E-state index in [1.165, 1.54) is 50.6 Å². The summed E-state index contributed by atoms with van der Waals surface area (Å²) in [6, 6.07) is 9.66. The second-order valence-corrected chi connectivity index (χ2v) is 6.62. The van der Waals surface area contributed by atoms with Crippen LogP contribution in [0.25, 0.3) is 0 Å². The summed E-state index contributed by atoms with van der Waals surface area (Å²) in [6.45, 7) is 2.25. The topological polar surface area (TPSA) is 44.3 Å². The fourth-order valence-electron chi connectivity index (χ4n) is 4.06. The first kappa shape index (κ1) is 15.0. The van der Waals surface area contributed by atoms with E-state index in [4.69, 9.17) is 0 Å². The zero-order chi connectivity index (χ0) is 14.5. The molecule has 1 aromatic carbocycles. The Balaban J connectivity index is 1.58. The van der Waals surface area contributed by atoms with Crippen molar-refractivity contribution in [1.82, 2.24) is 10.6 Å². The van der Waals surface area contributed by atoms with E-state index >= 15 is 0 Å². The van der Waals surface area contributed by atoms with Crippen LogP contribution in [0.4, 0.5) is 0 Å². The van der Waals surface area contributed by atoms with Crippen LogP contribution in [-0.4, -0.2) is 23.7 Å². The third-order valence-electron chi connectivity index (χ3n) is 5.18. The van der Waals surface area contributed by atoms with Crippen molar-refractivity contribution in [3.8, 4) is 0 Å². The van der Waals surface area contributed by atoms with Crippen molar-refractivity contribution in [3.05, 3.63) is 35.4 Å². The predicted octanol–water partition coefficient (Wildman–Crippen LogP) is 2.58. The molecule has 1 aliphatic heterocycles. The van der Waals surface area contributed by atoms with Crippen molar-refractivity contribution in [3.63, 3.8) is 0 Å². The summed E-state index contributed by atoms with van der Waals surface area (Å²) in [7, 11) is 0. The quantitative estimate of drug-likeness (QED) is 0.780. The molecule has 3 N–H and O–H groups in total. The van der Waals surface area contributed by atoms with Gasteiger partial charge >= 0.3 is 0 Å². The van der Waals surface area contributed by atoms with Crippen LogP contribution in [-0.2, 0) is 13.2 Å². The van der Waals surface area contributed by atoms with Gasteiger partial charge in [-0.25, -0.2) is 0 Å². The summed E-state index contributed by atoms with van der Waals surface area (Å²) in [4.78, 5) is 0. The number of rotatable bonds is 5. The lowest BCUT2D eigenvalue weighted by Crippen LogP contribution is -2.46. The zero-order valence-electron chi connectivity index (χ0n) is 12.9. The Bertz CT molecular complexity index is 443. The number of nitrogens with one attached hydrogen (secondary N) is 2. The molecule has 3 rings (SSSR count). The lowest BCUT2D eigenvalue weighted by atomic mass is 9.79. The van der Waals surface area contributed by atoms with Crippen molar-refractivity contribution in [2.24, 2.45) is 5.92 Å². The van der Waals surface area contributed by atoms with E-state index in [1.54, 1.807) is 0 Å². The highest BCUT2D eigenvalue weighted by Crippen LogP contribution is 2.30. The van der Waals surface area contributed by atoms with Gasteiger partial charge in [0, 0.05) is 18.6 Å². The molecule has 1 saturated carbocycles. The van der Waals surface area contributed by atoms with Gasteiger partial charge in [0.2, 0.25) is 0 Å². The Labute approximate surface area is 128 Å². The Morgan fingerprint density at radius 3 is 2.76 bits per heavy atom. The Morgan fingerprint density at radius 1 is 1.10 bits per heavy atom. The fraction of sp³-hybridized carbons (Fsp3) is 0.667. The summed E-state index contributed by atoms with van der Waals surface area (Å²) in [5.41, 5.74) is 2.29. The molecule has 1 aliphatic carbocycles. The minimum atomic E-state index is 0.131. The van der Waals surface area contributed by atoms with Crippen molar-refractivity contribution >= 4 is 0 Å². The van der Waals surface area contributed by atoms with E-state index in [9.17, 15) is 5.11 Å². The van der Waals surface area contributed by atoms with Gasteiger partial charge in [0.05, 0.1) is 6.61 Å².